The van der Waals surface area contributed by atoms with E-state index in [0.717, 1.165) is 12.8 Å². The number of benzene rings is 2. The van der Waals surface area contributed by atoms with Crippen molar-refractivity contribution in [2.45, 2.75) is 54.4 Å². The third-order valence-electron chi connectivity index (χ3n) is 5.99. The van der Waals surface area contributed by atoms with Crippen molar-refractivity contribution in [2.75, 3.05) is 0 Å². The smallest absolute Gasteiger partial charge is 1.00 e. The van der Waals surface area contributed by atoms with E-state index in [0.29, 0.717) is 0 Å². The fraction of sp³-hybridized carbons (Fsp3) is 0.267. The van der Waals surface area contributed by atoms with Crippen molar-refractivity contribution < 1.29 is 50.7 Å². The summed E-state index contributed by atoms with van der Waals surface area (Å²) in [5, 5.41) is 0. The van der Waals surface area contributed by atoms with Crippen LogP contribution in [0.4, 0.5) is 0 Å². The Labute approximate surface area is 232 Å². The Bertz CT molecular complexity index is 989. The van der Waals surface area contributed by atoms with Gasteiger partial charge >= 0.3 is 25.8 Å². The van der Waals surface area contributed by atoms with E-state index in [1.54, 1.807) is 0 Å². The van der Waals surface area contributed by atoms with Crippen molar-refractivity contribution in [3.05, 3.63) is 106 Å². The third kappa shape index (κ3) is 7.81. The summed E-state index contributed by atoms with van der Waals surface area (Å²) in [6.45, 7) is 13.1. The standard InChI is InChI=1S/2C15H17.2ClH.Hf/c2*1-4-13-6-5-7-14(10-13)15-11(2)8-9-12(15)3;;;/h2*5-10H,4H2,1-3H3;2*1H;/q2*-1;;;+4/p-2. The van der Waals surface area contributed by atoms with E-state index < -0.39 is 0 Å². The fourth-order valence-electron chi connectivity index (χ4n) is 4.26. The van der Waals surface area contributed by atoms with Crippen LogP contribution in [-0.2, 0) is 38.7 Å². The molecule has 0 fully saturated rings. The summed E-state index contributed by atoms with van der Waals surface area (Å²) in [5.74, 6) is 0. The van der Waals surface area contributed by atoms with Crippen LogP contribution in [0, 0.1) is 27.7 Å². The molecular formula is C30H34Cl2Hf. The Morgan fingerprint density at radius 3 is 1.09 bits per heavy atom. The maximum absolute atomic E-state index is 2.30. The van der Waals surface area contributed by atoms with E-state index in [-0.39, 0.29) is 50.7 Å². The van der Waals surface area contributed by atoms with Crippen LogP contribution >= 0.6 is 0 Å². The molecule has 4 rings (SSSR count). The van der Waals surface area contributed by atoms with Gasteiger partial charge in [0, 0.05) is 0 Å². The summed E-state index contributed by atoms with van der Waals surface area (Å²) in [4.78, 5) is 0. The minimum atomic E-state index is 0. The van der Waals surface area contributed by atoms with E-state index in [1.807, 2.05) is 0 Å². The molecule has 0 bridgehead atoms. The van der Waals surface area contributed by atoms with Crippen LogP contribution in [0.25, 0.3) is 22.3 Å². The molecule has 0 aromatic heterocycles. The first kappa shape index (κ1) is 31.6. The molecule has 0 atom stereocenters. The molecule has 0 spiro atoms. The second-order valence-corrected chi connectivity index (χ2v) is 8.26. The van der Waals surface area contributed by atoms with Crippen LogP contribution in [0.2, 0.25) is 0 Å². The van der Waals surface area contributed by atoms with Crippen LogP contribution < -0.4 is 24.8 Å². The van der Waals surface area contributed by atoms with Gasteiger partial charge in [0.1, 0.15) is 0 Å². The number of aryl methyl sites for hydroxylation is 6. The quantitative estimate of drug-likeness (QED) is 0.237. The van der Waals surface area contributed by atoms with Crippen LogP contribution in [0.5, 0.6) is 0 Å². The van der Waals surface area contributed by atoms with E-state index >= 15 is 0 Å². The predicted molar refractivity (Wildman–Crippen MR) is 133 cm³/mol. The zero-order chi connectivity index (χ0) is 21.7. The second kappa shape index (κ2) is 14.8. The normalized spacial score (nSPS) is 9.64. The first-order valence-corrected chi connectivity index (χ1v) is 11.1. The molecule has 0 heterocycles. The van der Waals surface area contributed by atoms with Gasteiger partial charge in [-0.1, -0.05) is 88.1 Å². The van der Waals surface area contributed by atoms with Gasteiger partial charge in [-0.05, 0) is 12.8 Å². The van der Waals surface area contributed by atoms with Gasteiger partial charge in [-0.25, -0.2) is 0 Å². The van der Waals surface area contributed by atoms with E-state index in [1.165, 1.54) is 55.6 Å². The van der Waals surface area contributed by atoms with Gasteiger partial charge in [0.05, 0.1) is 0 Å². The van der Waals surface area contributed by atoms with Gasteiger partial charge < -0.3 is 24.8 Å². The molecule has 4 aromatic rings. The van der Waals surface area contributed by atoms with E-state index in [9.17, 15) is 0 Å². The number of hydrogen-bond acceptors (Lipinski definition) is 0. The predicted octanol–water partition coefficient (Wildman–Crippen LogP) is 2.51. The van der Waals surface area contributed by atoms with Gasteiger partial charge in [-0.3, -0.25) is 0 Å². The summed E-state index contributed by atoms with van der Waals surface area (Å²) in [7, 11) is 0. The summed E-state index contributed by atoms with van der Waals surface area (Å²) in [6, 6.07) is 26.5. The first-order valence-electron chi connectivity index (χ1n) is 11.1. The van der Waals surface area contributed by atoms with Gasteiger partial charge in [-0.15, -0.1) is 81.9 Å². The Morgan fingerprint density at radius 2 is 0.818 bits per heavy atom. The summed E-state index contributed by atoms with van der Waals surface area (Å²) in [5.41, 5.74) is 13.8. The monoisotopic (exact) mass is 644 g/mol. The Morgan fingerprint density at radius 1 is 0.515 bits per heavy atom. The maximum Gasteiger partial charge on any atom is 4.00 e. The van der Waals surface area contributed by atoms with Crippen molar-refractivity contribution >= 4 is 0 Å². The summed E-state index contributed by atoms with van der Waals surface area (Å²) in [6.07, 6.45) is 2.21. The Hall–Kier alpha value is -1.41. The first-order chi connectivity index (χ1) is 14.4. The Balaban J connectivity index is 0.000000569. The molecule has 33 heavy (non-hydrogen) atoms. The fourth-order valence-corrected chi connectivity index (χ4v) is 4.26. The zero-order valence-electron chi connectivity index (χ0n) is 20.6. The van der Waals surface area contributed by atoms with E-state index in [4.69, 9.17) is 0 Å². The second-order valence-electron chi connectivity index (χ2n) is 8.26. The van der Waals surface area contributed by atoms with Crippen molar-refractivity contribution in [1.82, 2.24) is 0 Å². The summed E-state index contributed by atoms with van der Waals surface area (Å²) < 4.78 is 0. The minimum Gasteiger partial charge on any atom is -1.00 e. The molecule has 0 aliphatic carbocycles. The van der Waals surface area contributed by atoms with Crippen molar-refractivity contribution in [2.24, 2.45) is 0 Å². The summed E-state index contributed by atoms with van der Waals surface area (Å²) >= 11 is 0. The molecule has 0 saturated carbocycles. The zero-order valence-corrected chi connectivity index (χ0v) is 25.7. The molecule has 172 valence electrons. The van der Waals surface area contributed by atoms with Gasteiger partial charge in [0.2, 0.25) is 0 Å². The van der Waals surface area contributed by atoms with Crippen LogP contribution in [0.15, 0.2) is 72.8 Å². The largest absolute Gasteiger partial charge is 4.00 e. The third-order valence-corrected chi connectivity index (χ3v) is 5.99. The van der Waals surface area contributed by atoms with Crippen LogP contribution in [-0.4, -0.2) is 0 Å². The SMILES string of the molecule is CCc1cccc(-[c-]2c(C)ccc2C)c1.CCc1cccc(-[c-]2c(C)ccc2C)c1.[Cl-].[Cl-].[Hf+4]. The van der Waals surface area contributed by atoms with E-state index in [2.05, 4.69) is 114 Å². The molecule has 0 aliphatic rings. The molecule has 0 radical (unpaired) electrons. The molecule has 0 N–H and O–H groups in total. The van der Waals surface area contributed by atoms with Crippen molar-refractivity contribution in [1.29, 1.82) is 0 Å². The molecule has 0 aliphatic heterocycles. The average Bonchev–Trinajstić information content (AvgIpc) is 3.28. The molecule has 3 heteroatoms. The number of halogens is 2. The molecular weight excluding hydrogens is 610 g/mol. The average molecular weight is 644 g/mol. The molecule has 0 amide bonds. The Kier molecular flexibility index (Phi) is 14.1. The topological polar surface area (TPSA) is 0 Å². The van der Waals surface area contributed by atoms with Gasteiger partial charge in [-0.2, -0.15) is 0 Å². The van der Waals surface area contributed by atoms with Crippen molar-refractivity contribution in [3.8, 4) is 22.3 Å². The molecule has 0 saturated heterocycles. The maximum atomic E-state index is 2.30. The minimum absolute atomic E-state index is 0. The molecule has 0 unspecified atom stereocenters. The number of rotatable bonds is 4. The van der Waals surface area contributed by atoms with Gasteiger partial charge in [0.25, 0.3) is 0 Å². The molecule has 4 aromatic carbocycles. The van der Waals surface area contributed by atoms with Gasteiger partial charge in [0.15, 0.2) is 0 Å². The number of hydrogen-bond donors (Lipinski definition) is 0. The van der Waals surface area contributed by atoms with Crippen LogP contribution in [0.3, 0.4) is 0 Å². The van der Waals surface area contributed by atoms with Crippen LogP contribution in [0.1, 0.15) is 47.2 Å². The van der Waals surface area contributed by atoms with Crippen molar-refractivity contribution in [3.63, 3.8) is 0 Å². The molecule has 0 nitrogen and oxygen atoms in total.